The zero-order valence-corrected chi connectivity index (χ0v) is 15.1. The number of halogens is 2. The van der Waals surface area contributed by atoms with Crippen LogP contribution < -0.4 is 5.32 Å². The number of benzene rings is 2. The first-order valence-corrected chi connectivity index (χ1v) is 8.43. The fourth-order valence-electron chi connectivity index (χ4n) is 2.83. The van der Waals surface area contributed by atoms with Gasteiger partial charge >= 0.3 is 0 Å². The van der Waals surface area contributed by atoms with E-state index in [4.69, 9.17) is 0 Å². The Labute approximate surface area is 156 Å². The lowest BCUT2D eigenvalue weighted by atomic mass is 10.1. The van der Waals surface area contributed by atoms with Crippen LogP contribution in [0.4, 0.5) is 8.78 Å². The second kappa shape index (κ2) is 8.09. The molecule has 0 aliphatic carbocycles. The summed E-state index contributed by atoms with van der Waals surface area (Å²) in [6.07, 6.45) is 3.35. The average molecular weight is 370 g/mol. The maximum atomic E-state index is 13.3. The molecule has 0 saturated carbocycles. The lowest BCUT2D eigenvalue weighted by Crippen LogP contribution is -2.36. The quantitative estimate of drug-likeness (QED) is 0.726. The number of hydrogen-bond acceptors (Lipinski definition) is 3. The number of carbonyl (C=O) groups is 1. The molecule has 1 atom stereocenters. The lowest BCUT2D eigenvalue weighted by Gasteiger charge is -2.23. The predicted octanol–water partition coefficient (Wildman–Crippen LogP) is 3.07. The van der Waals surface area contributed by atoms with Crippen molar-refractivity contribution in [3.63, 3.8) is 0 Å². The number of rotatable bonds is 6. The number of aromatic nitrogens is 2. The smallest absolute Gasteiger partial charge is 0.242 e. The van der Waals surface area contributed by atoms with Gasteiger partial charge in [-0.1, -0.05) is 18.2 Å². The van der Waals surface area contributed by atoms with E-state index in [1.54, 1.807) is 60.3 Å². The highest BCUT2D eigenvalue weighted by Crippen LogP contribution is 2.19. The minimum absolute atomic E-state index is 0.204. The molecule has 0 unspecified atom stereocenters. The van der Waals surface area contributed by atoms with Gasteiger partial charge in [0.1, 0.15) is 17.7 Å². The summed E-state index contributed by atoms with van der Waals surface area (Å²) < 4.78 is 28.0. The molecule has 3 aromatic rings. The van der Waals surface area contributed by atoms with E-state index in [1.807, 2.05) is 0 Å². The Morgan fingerprint density at radius 1 is 1.15 bits per heavy atom. The van der Waals surface area contributed by atoms with Crippen molar-refractivity contribution in [3.8, 4) is 5.69 Å². The molecule has 7 heteroatoms. The molecule has 1 amide bonds. The van der Waals surface area contributed by atoms with Crippen LogP contribution in [0.3, 0.4) is 0 Å². The largest absolute Gasteiger partial charge is 0.350 e. The highest BCUT2D eigenvalue weighted by molar-refractivity contribution is 5.83. The van der Waals surface area contributed by atoms with Gasteiger partial charge in [-0.25, -0.2) is 13.5 Å². The summed E-state index contributed by atoms with van der Waals surface area (Å²) in [7, 11) is 3.57. The molecule has 0 saturated heterocycles. The van der Waals surface area contributed by atoms with Crippen molar-refractivity contribution in [2.75, 3.05) is 14.1 Å². The van der Waals surface area contributed by atoms with Crippen LogP contribution in [0.1, 0.15) is 17.2 Å². The molecule has 140 valence electrons. The van der Waals surface area contributed by atoms with Crippen LogP contribution in [0, 0.1) is 11.6 Å². The molecule has 0 aliphatic heterocycles. The van der Waals surface area contributed by atoms with Gasteiger partial charge < -0.3 is 5.32 Å². The number of hydrogen-bond donors (Lipinski definition) is 1. The van der Waals surface area contributed by atoms with E-state index < -0.39 is 6.04 Å². The zero-order chi connectivity index (χ0) is 19.4. The van der Waals surface area contributed by atoms with Crippen LogP contribution in [0.25, 0.3) is 5.69 Å². The normalized spacial score (nSPS) is 12.2. The van der Waals surface area contributed by atoms with Crippen molar-refractivity contribution >= 4 is 5.91 Å². The highest BCUT2D eigenvalue weighted by Gasteiger charge is 2.22. The van der Waals surface area contributed by atoms with Crippen molar-refractivity contribution in [2.24, 2.45) is 0 Å². The molecule has 0 spiro atoms. The van der Waals surface area contributed by atoms with Gasteiger partial charge in [-0.2, -0.15) is 5.10 Å². The molecule has 27 heavy (non-hydrogen) atoms. The molecule has 1 N–H and O–H groups in total. The van der Waals surface area contributed by atoms with E-state index in [0.717, 1.165) is 5.56 Å². The van der Waals surface area contributed by atoms with E-state index >= 15 is 0 Å². The minimum Gasteiger partial charge on any atom is -0.350 e. The number of nitrogens with one attached hydrogen (secondary N) is 1. The monoisotopic (exact) mass is 370 g/mol. The van der Waals surface area contributed by atoms with Crippen molar-refractivity contribution in [3.05, 3.63) is 83.7 Å². The molecular formula is C20H20F2N4O. The standard InChI is InChI=1S/C20H20F2N4O/c1-25(2)19(15-6-8-16(21)9-7-15)20(27)23-11-14-12-24-26(13-14)18-5-3-4-17(22)10-18/h3-10,12-13,19H,11H2,1-2H3,(H,23,27)/t19-/m0/s1. The van der Waals surface area contributed by atoms with Crippen LogP contribution in [0.15, 0.2) is 60.9 Å². The lowest BCUT2D eigenvalue weighted by molar-refractivity contribution is -0.125. The topological polar surface area (TPSA) is 50.2 Å². The second-order valence-corrected chi connectivity index (χ2v) is 6.41. The molecule has 1 aromatic heterocycles. The molecule has 0 fully saturated rings. The summed E-state index contributed by atoms with van der Waals surface area (Å²) in [6.45, 7) is 0.277. The van der Waals surface area contributed by atoms with Crippen molar-refractivity contribution < 1.29 is 13.6 Å². The molecule has 1 heterocycles. The first-order valence-electron chi connectivity index (χ1n) is 8.43. The Morgan fingerprint density at radius 3 is 2.56 bits per heavy atom. The van der Waals surface area contributed by atoms with E-state index in [2.05, 4.69) is 10.4 Å². The summed E-state index contributed by atoms with van der Waals surface area (Å²) >= 11 is 0. The van der Waals surface area contributed by atoms with Gasteiger partial charge in [0.05, 0.1) is 11.9 Å². The molecule has 3 rings (SSSR count). The fourth-order valence-corrected chi connectivity index (χ4v) is 2.83. The highest BCUT2D eigenvalue weighted by atomic mass is 19.1. The summed E-state index contributed by atoms with van der Waals surface area (Å²) in [5.74, 6) is -0.891. The van der Waals surface area contributed by atoms with Gasteiger partial charge in [0.25, 0.3) is 0 Å². The number of amides is 1. The van der Waals surface area contributed by atoms with Gasteiger partial charge in [0.2, 0.25) is 5.91 Å². The second-order valence-electron chi connectivity index (χ2n) is 6.41. The SMILES string of the molecule is CN(C)[C@H](C(=O)NCc1cnn(-c2cccc(F)c2)c1)c1ccc(F)cc1. The van der Waals surface area contributed by atoms with E-state index in [1.165, 1.54) is 24.3 Å². The predicted molar refractivity (Wildman–Crippen MR) is 98.2 cm³/mol. The molecule has 0 radical (unpaired) electrons. The summed E-state index contributed by atoms with van der Waals surface area (Å²) in [5, 5.41) is 7.07. The van der Waals surface area contributed by atoms with Gasteiger partial charge in [0, 0.05) is 18.3 Å². The van der Waals surface area contributed by atoms with Crippen molar-refractivity contribution in [1.29, 1.82) is 0 Å². The summed E-state index contributed by atoms with van der Waals surface area (Å²) in [6, 6.07) is 11.4. The third-order valence-corrected chi connectivity index (χ3v) is 4.13. The van der Waals surface area contributed by atoms with Gasteiger partial charge in [-0.15, -0.1) is 0 Å². The van der Waals surface area contributed by atoms with E-state index in [-0.39, 0.29) is 24.1 Å². The molecule has 2 aromatic carbocycles. The summed E-state index contributed by atoms with van der Waals surface area (Å²) in [5.41, 5.74) is 2.09. The van der Waals surface area contributed by atoms with Gasteiger partial charge in [0.15, 0.2) is 0 Å². The van der Waals surface area contributed by atoms with E-state index in [9.17, 15) is 13.6 Å². The van der Waals surface area contributed by atoms with Crippen LogP contribution >= 0.6 is 0 Å². The fraction of sp³-hybridized carbons (Fsp3) is 0.200. The summed E-state index contributed by atoms with van der Waals surface area (Å²) in [4.78, 5) is 14.4. The third kappa shape index (κ3) is 4.57. The molecule has 5 nitrogen and oxygen atoms in total. The third-order valence-electron chi connectivity index (χ3n) is 4.13. The number of likely N-dealkylation sites (N-methyl/N-ethyl adjacent to an activating group) is 1. The maximum Gasteiger partial charge on any atom is 0.242 e. The first-order chi connectivity index (χ1) is 12.9. The van der Waals surface area contributed by atoms with Gasteiger partial charge in [-0.05, 0) is 50.0 Å². The number of nitrogens with zero attached hydrogens (tertiary/aromatic N) is 3. The number of carbonyl (C=O) groups excluding carboxylic acids is 1. The Morgan fingerprint density at radius 2 is 1.89 bits per heavy atom. The van der Waals surface area contributed by atoms with Crippen LogP contribution in [-0.2, 0) is 11.3 Å². The van der Waals surface area contributed by atoms with Crippen molar-refractivity contribution in [2.45, 2.75) is 12.6 Å². The van der Waals surface area contributed by atoms with E-state index in [0.29, 0.717) is 11.3 Å². The zero-order valence-electron chi connectivity index (χ0n) is 15.1. The van der Waals surface area contributed by atoms with Gasteiger partial charge in [-0.3, -0.25) is 9.69 Å². The van der Waals surface area contributed by atoms with Crippen LogP contribution in [-0.4, -0.2) is 34.7 Å². The maximum absolute atomic E-state index is 13.3. The average Bonchev–Trinajstić information content (AvgIpc) is 3.11. The Bertz CT molecular complexity index is 922. The first kappa shape index (κ1) is 18.7. The van der Waals surface area contributed by atoms with Crippen molar-refractivity contribution in [1.82, 2.24) is 20.0 Å². The minimum atomic E-state index is -0.538. The van der Waals surface area contributed by atoms with Crippen LogP contribution in [0.2, 0.25) is 0 Å². The Kier molecular flexibility index (Phi) is 5.61. The molecule has 0 aliphatic rings. The Hall–Kier alpha value is -3.06. The molecule has 0 bridgehead atoms. The molecular weight excluding hydrogens is 350 g/mol. The Balaban J connectivity index is 1.68. The van der Waals surface area contributed by atoms with Crippen LogP contribution in [0.5, 0.6) is 0 Å².